The van der Waals surface area contributed by atoms with Crippen LogP contribution in [0.1, 0.15) is 0 Å². The first-order valence-corrected chi connectivity index (χ1v) is 9.62. The fourth-order valence-corrected chi connectivity index (χ4v) is 6.58. The normalized spacial score (nSPS) is 28.8. The van der Waals surface area contributed by atoms with Gasteiger partial charge in [0, 0.05) is 10.9 Å². The first kappa shape index (κ1) is 14.9. The molecule has 2 saturated heterocycles. The van der Waals surface area contributed by atoms with E-state index in [1.807, 2.05) is 35.2 Å². The van der Waals surface area contributed by atoms with Crippen molar-refractivity contribution < 1.29 is 13.2 Å². The Labute approximate surface area is 132 Å². The number of anilines is 1. The highest BCUT2D eigenvalue weighted by Crippen LogP contribution is 2.40. The van der Waals surface area contributed by atoms with Crippen LogP contribution in [0, 0.1) is 0 Å². The van der Waals surface area contributed by atoms with Gasteiger partial charge in [0.25, 0.3) is 5.91 Å². The van der Waals surface area contributed by atoms with Crippen LogP contribution in [0.3, 0.4) is 0 Å². The summed E-state index contributed by atoms with van der Waals surface area (Å²) in [4.78, 5) is 17.4. The van der Waals surface area contributed by atoms with Gasteiger partial charge in [-0.2, -0.15) is 4.99 Å². The van der Waals surface area contributed by atoms with Crippen LogP contribution in [-0.2, 0) is 14.6 Å². The number of benzene rings is 1. The molecule has 5 nitrogen and oxygen atoms in total. The van der Waals surface area contributed by atoms with Gasteiger partial charge in [0.15, 0.2) is 15.0 Å². The van der Waals surface area contributed by atoms with E-state index >= 15 is 0 Å². The van der Waals surface area contributed by atoms with Crippen LogP contribution in [0.4, 0.5) is 5.69 Å². The van der Waals surface area contributed by atoms with Gasteiger partial charge in [-0.05, 0) is 12.1 Å². The van der Waals surface area contributed by atoms with Gasteiger partial charge >= 0.3 is 0 Å². The van der Waals surface area contributed by atoms with E-state index in [9.17, 15) is 13.2 Å². The van der Waals surface area contributed by atoms with E-state index in [0.29, 0.717) is 5.17 Å². The Morgan fingerprint density at radius 3 is 2.71 bits per heavy atom. The lowest BCUT2D eigenvalue weighted by molar-refractivity contribution is -0.115. The maximum absolute atomic E-state index is 11.8. The zero-order valence-corrected chi connectivity index (χ0v) is 13.4. The summed E-state index contributed by atoms with van der Waals surface area (Å²) in [5.74, 6) is -0.379. The van der Waals surface area contributed by atoms with E-state index in [-0.39, 0.29) is 28.7 Å². The first-order valence-electron chi connectivity index (χ1n) is 6.39. The lowest BCUT2D eigenvalue weighted by Gasteiger charge is -2.24. The second kappa shape index (κ2) is 5.62. The number of hydrogen-bond donors (Lipinski definition) is 0. The van der Waals surface area contributed by atoms with Crippen LogP contribution >= 0.6 is 23.4 Å². The quantitative estimate of drug-likeness (QED) is 0.761. The van der Waals surface area contributed by atoms with E-state index in [2.05, 4.69) is 4.99 Å². The van der Waals surface area contributed by atoms with Crippen molar-refractivity contribution in [3.63, 3.8) is 0 Å². The molecule has 0 bridgehead atoms. The van der Waals surface area contributed by atoms with Crippen molar-refractivity contribution in [3.8, 4) is 0 Å². The number of alkyl halides is 1. The third-order valence-corrected chi connectivity index (χ3v) is 6.87. The third-order valence-electron chi connectivity index (χ3n) is 3.44. The molecule has 2 heterocycles. The monoisotopic (exact) mass is 344 g/mol. The molecule has 0 spiro atoms. The van der Waals surface area contributed by atoms with Crippen molar-refractivity contribution in [3.05, 3.63) is 30.3 Å². The fourth-order valence-electron chi connectivity index (χ4n) is 2.59. The van der Waals surface area contributed by atoms with Crippen LogP contribution in [0.15, 0.2) is 35.3 Å². The van der Waals surface area contributed by atoms with Crippen LogP contribution in [0.25, 0.3) is 0 Å². The van der Waals surface area contributed by atoms with Crippen LogP contribution in [0.5, 0.6) is 0 Å². The van der Waals surface area contributed by atoms with Crippen molar-refractivity contribution in [2.75, 3.05) is 22.3 Å². The average molecular weight is 345 g/mol. The van der Waals surface area contributed by atoms with E-state index in [0.717, 1.165) is 5.69 Å². The number of rotatable bonds is 2. The number of hydrogen-bond acceptors (Lipinski definition) is 4. The number of sulfone groups is 1. The van der Waals surface area contributed by atoms with Crippen LogP contribution < -0.4 is 4.90 Å². The van der Waals surface area contributed by atoms with Crippen LogP contribution in [0.2, 0.25) is 0 Å². The summed E-state index contributed by atoms with van der Waals surface area (Å²) in [6, 6.07) is 9.22. The number of para-hydroxylation sites is 1. The summed E-state index contributed by atoms with van der Waals surface area (Å²) in [5, 5.41) is 0.453. The lowest BCUT2D eigenvalue weighted by Crippen LogP contribution is -2.37. The molecule has 2 atom stereocenters. The molecule has 0 aromatic heterocycles. The molecule has 2 fully saturated rings. The molecular weight excluding hydrogens is 332 g/mol. The highest BCUT2D eigenvalue weighted by Gasteiger charge is 2.49. The number of carbonyl (C=O) groups is 1. The SMILES string of the molecule is O=C(CCl)N=C1SC2CS(=O)(=O)CC2N1c1ccccc1. The Hall–Kier alpha value is -1.05. The maximum atomic E-state index is 11.8. The van der Waals surface area contributed by atoms with Gasteiger partial charge in [0.2, 0.25) is 0 Å². The molecule has 2 aliphatic rings. The molecular formula is C13H13ClN2O3S2. The Morgan fingerprint density at radius 1 is 1.33 bits per heavy atom. The average Bonchev–Trinajstić information content (AvgIpc) is 2.90. The Morgan fingerprint density at radius 2 is 2.05 bits per heavy atom. The summed E-state index contributed by atoms with van der Waals surface area (Å²) in [5.41, 5.74) is 0.843. The van der Waals surface area contributed by atoms with Gasteiger partial charge in [-0.15, -0.1) is 11.6 Å². The van der Waals surface area contributed by atoms with Gasteiger partial charge in [0.1, 0.15) is 5.88 Å². The van der Waals surface area contributed by atoms with Gasteiger partial charge in [0.05, 0.1) is 17.5 Å². The first-order chi connectivity index (χ1) is 10.00. The summed E-state index contributed by atoms with van der Waals surface area (Å²) >= 11 is 6.86. The van der Waals surface area contributed by atoms with E-state index in [1.54, 1.807) is 0 Å². The molecule has 0 aliphatic carbocycles. The van der Waals surface area contributed by atoms with Crippen molar-refractivity contribution in [1.82, 2.24) is 0 Å². The number of amidine groups is 1. The molecule has 0 saturated carbocycles. The van der Waals surface area contributed by atoms with E-state index < -0.39 is 15.7 Å². The number of nitrogens with zero attached hydrogens (tertiary/aromatic N) is 2. The topological polar surface area (TPSA) is 66.8 Å². The molecule has 8 heteroatoms. The predicted molar refractivity (Wildman–Crippen MR) is 85.9 cm³/mol. The molecule has 112 valence electrons. The lowest BCUT2D eigenvalue weighted by atomic mass is 10.2. The minimum Gasteiger partial charge on any atom is -0.316 e. The van der Waals surface area contributed by atoms with Crippen molar-refractivity contribution in [2.24, 2.45) is 4.99 Å². The van der Waals surface area contributed by atoms with Crippen molar-refractivity contribution in [1.29, 1.82) is 0 Å². The zero-order chi connectivity index (χ0) is 15.0. The smallest absolute Gasteiger partial charge is 0.262 e. The number of fused-ring (bicyclic) bond motifs is 1. The molecule has 21 heavy (non-hydrogen) atoms. The van der Waals surface area contributed by atoms with E-state index in [4.69, 9.17) is 11.6 Å². The molecule has 2 aliphatic heterocycles. The molecule has 1 amide bonds. The minimum absolute atomic E-state index is 0.0860. The molecule has 2 unspecified atom stereocenters. The molecule has 1 aromatic rings. The molecule has 0 N–H and O–H groups in total. The summed E-state index contributed by atoms with van der Waals surface area (Å²) in [6.07, 6.45) is 0. The summed E-state index contributed by atoms with van der Waals surface area (Å²) < 4.78 is 23.7. The number of amides is 1. The largest absolute Gasteiger partial charge is 0.316 e. The number of carbonyl (C=O) groups excluding carboxylic acids is 1. The molecule has 0 radical (unpaired) electrons. The standard InChI is InChI=1S/C13H13ClN2O3S2/c14-6-12(17)15-13-16(9-4-2-1-3-5-9)10-7-21(18,19)8-11(10)20-13/h1-5,10-11H,6-8H2. The minimum atomic E-state index is -3.03. The second-order valence-corrected chi connectivity index (χ2v) is 8.56. The Balaban J connectivity index is 2.00. The Kier molecular flexibility index (Phi) is 3.98. The molecule has 1 aromatic carbocycles. The molecule has 3 rings (SSSR count). The van der Waals surface area contributed by atoms with Gasteiger partial charge in [-0.25, -0.2) is 8.42 Å². The van der Waals surface area contributed by atoms with Gasteiger partial charge < -0.3 is 4.90 Å². The zero-order valence-electron chi connectivity index (χ0n) is 11.0. The number of thioether (sulfide) groups is 1. The fraction of sp³-hybridized carbons (Fsp3) is 0.385. The number of halogens is 1. The second-order valence-electron chi connectivity index (χ2n) is 4.93. The highest BCUT2D eigenvalue weighted by molar-refractivity contribution is 8.16. The predicted octanol–water partition coefficient (Wildman–Crippen LogP) is 1.53. The van der Waals surface area contributed by atoms with Gasteiger partial charge in [-0.1, -0.05) is 30.0 Å². The van der Waals surface area contributed by atoms with E-state index in [1.165, 1.54) is 11.8 Å². The van der Waals surface area contributed by atoms with Crippen LogP contribution in [-0.4, -0.2) is 48.2 Å². The van der Waals surface area contributed by atoms with Gasteiger partial charge in [-0.3, -0.25) is 4.79 Å². The van der Waals surface area contributed by atoms with Crippen molar-refractivity contribution in [2.45, 2.75) is 11.3 Å². The maximum Gasteiger partial charge on any atom is 0.262 e. The third kappa shape index (κ3) is 2.95. The van der Waals surface area contributed by atoms with Crippen molar-refractivity contribution >= 4 is 50.0 Å². The summed E-state index contributed by atoms with van der Waals surface area (Å²) in [6.45, 7) is 0. The Bertz CT molecular complexity index is 691. The number of aliphatic imine (C=N–C) groups is 1. The summed E-state index contributed by atoms with van der Waals surface area (Å²) in [7, 11) is -3.03. The highest BCUT2D eigenvalue weighted by atomic mass is 35.5.